The average Bonchev–Trinajstić information content (AvgIpc) is 3.06. The summed E-state index contributed by atoms with van der Waals surface area (Å²) in [6.07, 6.45) is 4.96. The molecule has 0 aromatic carbocycles. The minimum atomic E-state index is -0.358. The highest BCUT2D eigenvalue weighted by Gasteiger charge is 2.28. The number of carbonyl (C=O) groups excluding carboxylic acids is 2. The molecule has 0 unspecified atom stereocenters. The molecular formula is C17H25NO3S. The Morgan fingerprint density at radius 2 is 1.95 bits per heavy atom. The zero-order chi connectivity index (χ0) is 16.3. The molecule has 0 aliphatic heterocycles. The molecule has 22 heavy (non-hydrogen) atoms. The zero-order valence-corrected chi connectivity index (χ0v) is 14.6. The van der Waals surface area contributed by atoms with Gasteiger partial charge in [0.05, 0.1) is 23.1 Å². The Labute approximate surface area is 136 Å². The van der Waals surface area contributed by atoms with E-state index in [2.05, 4.69) is 4.98 Å². The molecule has 0 spiro atoms. The quantitative estimate of drug-likeness (QED) is 0.633. The number of esters is 1. The van der Waals surface area contributed by atoms with Crippen molar-refractivity contribution in [3.63, 3.8) is 0 Å². The molecule has 0 bridgehead atoms. The molecule has 4 nitrogen and oxygen atoms in total. The highest BCUT2D eigenvalue weighted by atomic mass is 32.2. The van der Waals surface area contributed by atoms with Crippen LogP contribution in [-0.2, 0) is 4.74 Å². The number of aryl methyl sites for hydroxylation is 1. The van der Waals surface area contributed by atoms with E-state index in [4.69, 9.17) is 4.74 Å². The maximum absolute atomic E-state index is 12.7. The lowest BCUT2D eigenvalue weighted by Gasteiger charge is -2.15. The molecule has 0 amide bonds. The van der Waals surface area contributed by atoms with Crippen LogP contribution in [-0.4, -0.2) is 33.8 Å². The topological polar surface area (TPSA) is 59.2 Å². The monoisotopic (exact) mass is 323 g/mol. The second-order valence-electron chi connectivity index (χ2n) is 5.89. The predicted molar refractivity (Wildman–Crippen MR) is 89.9 cm³/mol. The number of aromatic nitrogens is 1. The van der Waals surface area contributed by atoms with Gasteiger partial charge in [-0.2, -0.15) is 0 Å². The van der Waals surface area contributed by atoms with Gasteiger partial charge >= 0.3 is 5.97 Å². The summed E-state index contributed by atoms with van der Waals surface area (Å²) in [6, 6.07) is 0. The van der Waals surface area contributed by atoms with Crippen molar-refractivity contribution in [1.82, 2.24) is 4.98 Å². The zero-order valence-electron chi connectivity index (χ0n) is 13.8. The van der Waals surface area contributed by atoms with Gasteiger partial charge < -0.3 is 9.72 Å². The summed E-state index contributed by atoms with van der Waals surface area (Å²) in [7, 11) is 0. The molecule has 1 N–H and O–H groups in total. The van der Waals surface area contributed by atoms with E-state index in [1.165, 1.54) is 25.7 Å². The van der Waals surface area contributed by atoms with E-state index < -0.39 is 0 Å². The van der Waals surface area contributed by atoms with E-state index in [0.29, 0.717) is 34.4 Å². The van der Waals surface area contributed by atoms with Crippen LogP contribution in [0.2, 0.25) is 0 Å². The molecule has 1 saturated carbocycles. The first-order chi connectivity index (χ1) is 10.5. The molecule has 1 fully saturated rings. The van der Waals surface area contributed by atoms with Gasteiger partial charge in [0.25, 0.3) is 0 Å². The molecular weight excluding hydrogens is 298 g/mol. The maximum atomic E-state index is 12.7. The largest absolute Gasteiger partial charge is 0.462 e. The number of aromatic amines is 1. The van der Waals surface area contributed by atoms with Gasteiger partial charge in [-0.25, -0.2) is 4.79 Å². The van der Waals surface area contributed by atoms with Crippen molar-refractivity contribution in [3.8, 4) is 0 Å². The maximum Gasteiger partial charge on any atom is 0.340 e. The summed E-state index contributed by atoms with van der Waals surface area (Å²) < 4.78 is 5.08. The Morgan fingerprint density at radius 1 is 1.32 bits per heavy atom. The molecule has 0 radical (unpaired) electrons. The van der Waals surface area contributed by atoms with Crippen LogP contribution in [0.3, 0.4) is 0 Å². The summed E-state index contributed by atoms with van der Waals surface area (Å²) in [5.41, 5.74) is 2.47. The number of ketones is 1. The Kier molecular flexibility index (Phi) is 5.73. The number of nitrogens with one attached hydrogen (secondary N) is 1. The summed E-state index contributed by atoms with van der Waals surface area (Å²) in [5, 5.41) is 0.509. The van der Waals surface area contributed by atoms with Crippen molar-refractivity contribution in [3.05, 3.63) is 22.5 Å². The minimum Gasteiger partial charge on any atom is -0.462 e. The first-order valence-electron chi connectivity index (χ1n) is 8.01. The van der Waals surface area contributed by atoms with Crippen LogP contribution >= 0.6 is 11.8 Å². The summed E-state index contributed by atoms with van der Waals surface area (Å²) >= 11 is 1.77. The minimum absolute atomic E-state index is 0.0769. The fourth-order valence-electron chi connectivity index (χ4n) is 3.08. The molecule has 1 aliphatic rings. The van der Waals surface area contributed by atoms with E-state index in [9.17, 15) is 9.59 Å². The number of hydrogen-bond acceptors (Lipinski definition) is 4. The van der Waals surface area contributed by atoms with Crippen LogP contribution in [0, 0.1) is 13.8 Å². The highest BCUT2D eigenvalue weighted by molar-refractivity contribution is 8.01. The first-order valence-corrected chi connectivity index (χ1v) is 8.95. The van der Waals surface area contributed by atoms with Gasteiger partial charge in [0.1, 0.15) is 0 Å². The summed E-state index contributed by atoms with van der Waals surface area (Å²) in [5.74, 6) is -0.281. The number of thioether (sulfide) groups is 1. The molecule has 1 heterocycles. The first kappa shape index (κ1) is 17.1. The van der Waals surface area contributed by atoms with Gasteiger partial charge in [0.15, 0.2) is 5.78 Å². The van der Waals surface area contributed by atoms with Gasteiger partial charge in [0, 0.05) is 10.9 Å². The van der Waals surface area contributed by atoms with Gasteiger partial charge in [0.2, 0.25) is 0 Å². The Morgan fingerprint density at radius 3 is 2.55 bits per heavy atom. The Bertz CT molecular complexity index is 558. The third kappa shape index (κ3) is 3.57. The van der Waals surface area contributed by atoms with Gasteiger partial charge in [-0.1, -0.05) is 12.8 Å². The molecule has 1 atom stereocenters. The molecule has 1 aromatic rings. The lowest BCUT2D eigenvalue weighted by atomic mass is 10.1. The van der Waals surface area contributed by atoms with Gasteiger partial charge in [-0.05, 0) is 46.1 Å². The van der Waals surface area contributed by atoms with Crippen LogP contribution in [0.15, 0.2) is 0 Å². The smallest absolute Gasteiger partial charge is 0.340 e. The van der Waals surface area contributed by atoms with E-state index in [0.717, 1.165) is 0 Å². The second-order valence-corrected chi connectivity index (χ2v) is 7.54. The molecule has 5 heteroatoms. The van der Waals surface area contributed by atoms with Crippen LogP contribution < -0.4 is 0 Å². The van der Waals surface area contributed by atoms with Gasteiger partial charge in [-0.3, -0.25) is 4.79 Å². The molecule has 0 saturated heterocycles. The highest BCUT2D eigenvalue weighted by Crippen LogP contribution is 2.33. The van der Waals surface area contributed by atoms with E-state index in [-0.39, 0.29) is 17.0 Å². The number of carbonyl (C=O) groups is 2. The number of H-pyrrole nitrogens is 1. The SMILES string of the molecule is CCOC(=O)c1c(C)[nH]c(C(=O)[C@H](C)SC2CCCC2)c1C. The second kappa shape index (κ2) is 7.36. The fraction of sp³-hybridized carbons (Fsp3) is 0.647. The van der Waals surface area contributed by atoms with Crippen molar-refractivity contribution in [2.45, 2.75) is 63.9 Å². The molecule has 1 aliphatic carbocycles. The number of ether oxygens (including phenoxy) is 1. The average molecular weight is 323 g/mol. The lowest BCUT2D eigenvalue weighted by Crippen LogP contribution is -2.18. The van der Waals surface area contributed by atoms with E-state index in [1.807, 2.05) is 20.8 Å². The Balaban J connectivity index is 2.15. The summed E-state index contributed by atoms with van der Waals surface area (Å²) in [6.45, 7) is 7.70. The standard InChI is InChI=1S/C17H25NO3S/c1-5-21-17(20)14-10(2)15(18-11(14)3)16(19)12(4)22-13-8-6-7-9-13/h12-13,18H,5-9H2,1-4H3/t12-/m0/s1. The van der Waals surface area contributed by atoms with Crippen LogP contribution in [0.1, 0.15) is 71.6 Å². The fourth-order valence-corrected chi connectivity index (χ4v) is 4.51. The summed E-state index contributed by atoms with van der Waals surface area (Å²) in [4.78, 5) is 27.8. The molecule has 2 rings (SSSR count). The van der Waals surface area contributed by atoms with Gasteiger partial charge in [-0.15, -0.1) is 11.8 Å². The van der Waals surface area contributed by atoms with Crippen molar-refractivity contribution in [2.24, 2.45) is 0 Å². The number of hydrogen-bond donors (Lipinski definition) is 1. The molecule has 1 aromatic heterocycles. The van der Waals surface area contributed by atoms with Crippen molar-refractivity contribution >= 4 is 23.5 Å². The van der Waals surface area contributed by atoms with E-state index in [1.54, 1.807) is 18.7 Å². The lowest BCUT2D eigenvalue weighted by molar-refractivity contribution is 0.0525. The number of Topliss-reactive ketones (excluding diaryl/α,β-unsaturated/α-hetero) is 1. The van der Waals surface area contributed by atoms with Crippen LogP contribution in [0.25, 0.3) is 0 Å². The van der Waals surface area contributed by atoms with Crippen molar-refractivity contribution < 1.29 is 14.3 Å². The molecule has 122 valence electrons. The van der Waals surface area contributed by atoms with E-state index >= 15 is 0 Å². The third-order valence-electron chi connectivity index (χ3n) is 4.23. The van der Waals surface area contributed by atoms with Crippen LogP contribution in [0.4, 0.5) is 0 Å². The van der Waals surface area contributed by atoms with Crippen molar-refractivity contribution in [1.29, 1.82) is 0 Å². The number of rotatable bonds is 6. The normalized spacial score (nSPS) is 16.7. The predicted octanol–water partition coefficient (Wildman–Crippen LogP) is 4.06. The van der Waals surface area contributed by atoms with Crippen molar-refractivity contribution in [2.75, 3.05) is 6.61 Å². The third-order valence-corrected chi connectivity index (χ3v) is 5.71. The Hall–Kier alpha value is -1.23. The van der Waals surface area contributed by atoms with Crippen LogP contribution in [0.5, 0.6) is 0 Å².